The van der Waals surface area contributed by atoms with E-state index in [1.807, 2.05) is 12.1 Å². The van der Waals surface area contributed by atoms with Gasteiger partial charge in [-0.05, 0) is 81.0 Å². The molecule has 0 aliphatic heterocycles. The Bertz CT molecular complexity index is 1230. The molecule has 1 unspecified atom stereocenters. The van der Waals surface area contributed by atoms with Gasteiger partial charge in [0, 0.05) is 36.0 Å². The van der Waals surface area contributed by atoms with Gasteiger partial charge < -0.3 is 15.2 Å². The number of nitrogens with one attached hydrogen (secondary N) is 1. The van der Waals surface area contributed by atoms with Crippen LogP contribution in [0.4, 0.5) is 0 Å². The summed E-state index contributed by atoms with van der Waals surface area (Å²) >= 11 is 0. The van der Waals surface area contributed by atoms with Crippen molar-refractivity contribution >= 4 is 22.8 Å². The molecule has 7 heteroatoms. The number of para-hydroxylation sites is 1. The lowest BCUT2D eigenvalue weighted by Crippen LogP contribution is -2.42. The highest BCUT2D eigenvalue weighted by atomic mass is 16.5. The van der Waals surface area contributed by atoms with Crippen molar-refractivity contribution in [1.29, 1.82) is 0 Å². The Kier molecular flexibility index (Phi) is 7.56. The smallest absolute Gasteiger partial charge is 0.326 e. The Morgan fingerprint density at radius 3 is 2.78 bits per heavy atom. The molecule has 5 rings (SSSR count). The molecule has 36 heavy (non-hydrogen) atoms. The van der Waals surface area contributed by atoms with E-state index in [1.54, 1.807) is 24.4 Å². The van der Waals surface area contributed by atoms with E-state index < -0.39 is 17.9 Å². The molecule has 7 nitrogen and oxygen atoms in total. The SMILES string of the molecule is O=C(NC(CCOC1CC(CCc2ccc3c(n2)CCCC3)C1)C(=O)O)c1cccc2cccnc12. The van der Waals surface area contributed by atoms with Gasteiger partial charge in [-0.1, -0.05) is 24.3 Å². The quantitative estimate of drug-likeness (QED) is 0.436. The van der Waals surface area contributed by atoms with Gasteiger partial charge in [0.15, 0.2) is 0 Å². The Labute approximate surface area is 211 Å². The highest BCUT2D eigenvalue weighted by molar-refractivity contribution is 6.06. The zero-order valence-electron chi connectivity index (χ0n) is 20.5. The number of nitrogens with zero attached hydrogens (tertiary/aromatic N) is 2. The Morgan fingerprint density at radius 2 is 1.92 bits per heavy atom. The summed E-state index contributed by atoms with van der Waals surface area (Å²) in [7, 11) is 0. The number of carbonyl (C=O) groups is 2. The molecule has 0 bridgehead atoms. The number of pyridine rings is 2. The molecule has 1 fully saturated rings. The summed E-state index contributed by atoms with van der Waals surface area (Å²) in [5.41, 5.74) is 4.85. The van der Waals surface area contributed by atoms with Crippen molar-refractivity contribution in [1.82, 2.24) is 15.3 Å². The molecular weight excluding hydrogens is 454 g/mol. The maximum absolute atomic E-state index is 12.8. The molecule has 3 aromatic rings. The van der Waals surface area contributed by atoms with E-state index in [9.17, 15) is 14.7 Å². The largest absolute Gasteiger partial charge is 0.480 e. The fourth-order valence-corrected chi connectivity index (χ4v) is 5.30. The maximum atomic E-state index is 12.8. The Morgan fingerprint density at radius 1 is 1.08 bits per heavy atom. The number of aromatic nitrogens is 2. The summed E-state index contributed by atoms with van der Waals surface area (Å²) in [4.78, 5) is 33.7. The number of ether oxygens (including phenoxy) is 1. The van der Waals surface area contributed by atoms with Crippen LogP contribution in [0, 0.1) is 5.92 Å². The van der Waals surface area contributed by atoms with Gasteiger partial charge in [0.2, 0.25) is 0 Å². The van der Waals surface area contributed by atoms with Crippen LogP contribution in [-0.4, -0.2) is 45.7 Å². The zero-order valence-corrected chi connectivity index (χ0v) is 20.5. The van der Waals surface area contributed by atoms with E-state index in [4.69, 9.17) is 9.72 Å². The first-order valence-corrected chi connectivity index (χ1v) is 13.0. The molecule has 188 valence electrons. The second-order valence-electron chi connectivity index (χ2n) is 10.0. The lowest BCUT2D eigenvalue weighted by atomic mass is 9.79. The van der Waals surface area contributed by atoms with E-state index in [0.29, 0.717) is 23.6 Å². The number of rotatable bonds is 10. The van der Waals surface area contributed by atoms with Crippen LogP contribution < -0.4 is 5.32 Å². The minimum absolute atomic E-state index is 0.166. The van der Waals surface area contributed by atoms with Crippen LogP contribution in [0.2, 0.25) is 0 Å². The molecule has 2 aliphatic rings. The van der Waals surface area contributed by atoms with Crippen molar-refractivity contribution in [3.05, 3.63) is 71.2 Å². The van der Waals surface area contributed by atoms with Crippen molar-refractivity contribution in [2.75, 3.05) is 6.61 Å². The maximum Gasteiger partial charge on any atom is 0.326 e. The second kappa shape index (κ2) is 11.2. The fraction of sp³-hybridized carbons (Fsp3) is 0.448. The normalized spacial score (nSPS) is 19.8. The highest BCUT2D eigenvalue weighted by Gasteiger charge is 2.30. The van der Waals surface area contributed by atoms with E-state index >= 15 is 0 Å². The third kappa shape index (κ3) is 5.73. The molecule has 1 aromatic carbocycles. The van der Waals surface area contributed by atoms with E-state index in [0.717, 1.165) is 43.9 Å². The van der Waals surface area contributed by atoms with Crippen molar-refractivity contribution in [2.24, 2.45) is 5.92 Å². The number of carbonyl (C=O) groups excluding carboxylic acids is 1. The summed E-state index contributed by atoms with van der Waals surface area (Å²) in [6.45, 7) is 0.300. The summed E-state index contributed by atoms with van der Waals surface area (Å²) < 4.78 is 5.93. The average molecular weight is 488 g/mol. The number of hydrogen-bond donors (Lipinski definition) is 2. The van der Waals surface area contributed by atoms with Crippen LogP contribution in [0.15, 0.2) is 48.7 Å². The second-order valence-corrected chi connectivity index (χ2v) is 10.0. The number of carboxylic acids is 1. The number of hydrogen-bond acceptors (Lipinski definition) is 5. The molecule has 1 saturated carbocycles. The molecule has 2 heterocycles. The predicted octanol–water partition coefficient (Wildman–Crippen LogP) is 4.51. The average Bonchev–Trinajstić information content (AvgIpc) is 2.88. The van der Waals surface area contributed by atoms with Crippen LogP contribution in [0.1, 0.15) is 65.8 Å². The van der Waals surface area contributed by atoms with Crippen LogP contribution in [0.3, 0.4) is 0 Å². The minimum atomic E-state index is -1.07. The van der Waals surface area contributed by atoms with E-state index in [1.165, 1.54) is 29.8 Å². The summed E-state index contributed by atoms with van der Waals surface area (Å²) in [6, 6.07) is 12.4. The third-order valence-electron chi connectivity index (χ3n) is 7.48. The van der Waals surface area contributed by atoms with Crippen LogP contribution in [0.5, 0.6) is 0 Å². The van der Waals surface area contributed by atoms with Gasteiger partial charge in [0.05, 0.1) is 17.2 Å². The van der Waals surface area contributed by atoms with Crippen LogP contribution >= 0.6 is 0 Å². The molecule has 2 aromatic heterocycles. The number of aliphatic carboxylic acids is 1. The van der Waals surface area contributed by atoms with Gasteiger partial charge in [-0.15, -0.1) is 0 Å². The molecule has 1 amide bonds. The zero-order chi connectivity index (χ0) is 24.9. The van der Waals surface area contributed by atoms with Crippen molar-refractivity contribution in [2.45, 2.75) is 69.9 Å². The first kappa shape index (κ1) is 24.4. The minimum Gasteiger partial charge on any atom is -0.480 e. The Hall–Kier alpha value is -3.32. The Balaban J connectivity index is 1.04. The monoisotopic (exact) mass is 487 g/mol. The van der Waals surface area contributed by atoms with Gasteiger partial charge in [-0.3, -0.25) is 14.8 Å². The van der Waals surface area contributed by atoms with E-state index in [2.05, 4.69) is 22.4 Å². The highest BCUT2D eigenvalue weighted by Crippen LogP contribution is 2.34. The first-order valence-electron chi connectivity index (χ1n) is 13.0. The van der Waals surface area contributed by atoms with Crippen LogP contribution in [-0.2, 0) is 28.8 Å². The lowest BCUT2D eigenvalue weighted by molar-refractivity contribution is -0.140. The van der Waals surface area contributed by atoms with Crippen molar-refractivity contribution in [3.63, 3.8) is 0 Å². The topological polar surface area (TPSA) is 101 Å². The molecule has 0 spiro atoms. The van der Waals surface area contributed by atoms with Crippen molar-refractivity contribution < 1.29 is 19.4 Å². The number of benzene rings is 1. The van der Waals surface area contributed by atoms with Crippen molar-refractivity contribution in [3.8, 4) is 0 Å². The fourth-order valence-electron chi connectivity index (χ4n) is 5.30. The summed E-state index contributed by atoms with van der Waals surface area (Å²) in [5.74, 6) is -0.878. The number of aryl methyl sites for hydroxylation is 3. The lowest BCUT2D eigenvalue weighted by Gasteiger charge is -2.35. The summed E-state index contributed by atoms with van der Waals surface area (Å²) in [6.07, 6.45) is 10.9. The predicted molar refractivity (Wildman–Crippen MR) is 137 cm³/mol. The van der Waals surface area contributed by atoms with Crippen LogP contribution in [0.25, 0.3) is 10.9 Å². The number of amides is 1. The number of fused-ring (bicyclic) bond motifs is 2. The molecule has 2 N–H and O–H groups in total. The van der Waals surface area contributed by atoms with Gasteiger partial charge >= 0.3 is 5.97 Å². The van der Waals surface area contributed by atoms with Gasteiger partial charge in [0.25, 0.3) is 5.91 Å². The van der Waals surface area contributed by atoms with Gasteiger partial charge in [0.1, 0.15) is 6.04 Å². The van der Waals surface area contributed by atoms with Gasteiger partial charge in [-0.2, -0.15) is 0 Å². The molecule has 0 radical (unpaired) electrons. The molecule has 0 saturated heterocycles. The van der Waals surface area contributed by atoms with Gasteiger partial charge in [-0.25, -0.2) is 4.79 Å². The molecule has 1 atom stereocenters. The summed E-state index contributed by atoms with van der Waals surface area (Å²) in [5, 5.41) is 13.1. The number of carboxylic acid groups (broad SMARTS) is 1. The molecule has 2 aliphatic carbocycles. The third-order valence-corrected chi connectivity index (χ3v) is 7.48. The standard InChI is InChI=1S/C29H33N3O4/c33-28(24-8-3-6-21-7-4-15-30-27(21)24)32-26(29(34)35)14-16-36-23-17-19(18-23)10-12-22-13-11-20-5-1-2-9-25(20)31-22/h3-4,6-8,11,13,15,19,23,26H,1-2,5,9-10,12,14,16-18H2,(H,32,33)(H,34,35). The first-order chi connectivity index (χ1) is 17.6. The van der Waals surface area contributed by atoms with E-state index in [-0.39, 0.29) is 12.5 Å². The molecular formula is C29H33N3O4.